The van der Waals surface area contributed by atoms with E-state index in [2.05, 4.69) is 31.3 Å². The number of aromatic nitrogens is 2. The number of hydrogen-bond donors (Lipinski definition) is 1. The lowest BCUT2D eigenvalue weighted by molar-refractivity contribution is 0.0865. The fraction of sp³-hybridized carbons (Fsp3) is 0.625. The Bertz CT molecular complexity index is 945. The predicted octanol–water partition coefficient (Wildman–Crippen LogP) is 5.08. The summed E-state index contributed by atoms with van der Waals surface area (Å²) in [5.74, 6) is 2.54. The minimum atomic E-state index is 0.0647. The Kier molecular flexibility index (Phi) is 4.42. The van der Waals surface area contributed by atoms with Gasteiger partial charge >= 0.3 is 0 Å². The molecule has 0 aromatic carbocycles. The van der Waals surface area contributed by atoms with Crippen LogP contribution < -0.4 is 5.32 Å². The Morgan fingerprint density at radius 3 is 2.83 bits per heavy atom. The van der Waals surface area contributed by atoms with E-state index >= 15 is 0 Å². The van der Waals surface area contributed by atoms with E-state index in [9.17, 15) is 4.79 Å². The molecule has 4 aliphatic rings. The van der Waals surface area contributed by atoms with E-state index in [4.69, 9.17) is 10.4 Å². The van der Waals surface area contributed by atoms with Crippen molar-refractivity contribution in [3.63, 3.8) is 0 Å². The molecule has 0 spiro atoms. The van der Waals surface area contributed by atoms with Crippen LogP contribution in [0.3, 0.4) is 0 Å². The van der Waals surface area contributed by atoms with Gasteiger partial charge in [-0.15, -0.1) is 0 Å². The third kappa shape index (κ3) is 3.23. The van der Waals surface area contributed by atoms with Gasteiger partial charge in [-0.3, -0.25) is 4.79 Å². The Morgan fingerprint density at radius 1 is 1.34 bits per heavy atom. The van der Waals surface area contributed by atoms with Crippen molar-refractivity contribution >= 4 is 11.7 Å². The molecule has 2 heterocycles. The topological polar surface area (TPSA) is 70.7 Å². The molecule has 1 aromatic heterocycles. The molecule has 1 aliphatic heterocycles. The Morgan fingerprint density at radius 2 is 2.17 bits per heavy atom. The van der Waals surface area contributed by atoms with Gasteiger partial charge in [-0.2, -0.15) is 15.0 Å². The first-order chi connectivity index (χ1) is 14.0. The zero-order chi connectivity index (χ0) is 20.2. The van der Waals surface area contributed by atoms with Gasteiger partial charge in [0.25, 0.3) is 5.91 Å². The van der Waals surface area contributed by atoms with Crippen LogP contribution in [0.15, 0.2) is 23.8 Å². The molecule has 0 amide bonds. The number of nitriles is 1. The van der Waals surface area contributed by atoms with Crippen LogP contribution in [-0.2, 0) is 5.41 Å². The van der Waals surface area contributed by atoms with Crippen LogP contribution >= 0.6 is 0 Å². The molecule has 2 fully saturated rings. The third-order valence-corrected chi connectivity index (χ3v) is 7.44. The van der Waals surface area contributed by atoms with Crippen LogP contribution in [0.25, 0.3) is 0 Å². The van der Waals surface area contributed by atoms with E-state index in [-0.39, 0.29) is 23.3 Å². The van der Waals surface area contributed by atoms with E-state index in [0.29, 0.717) is 23.8 Å². The summed E-state index contributed by atoms with van der Waals surface area (Å²) < 4.78 is 1.69. The summed E-state index contributed by atoms with van der Waals surface area (Å²) in [7, 11) is 0. The van der Waals surface area contributed by atoms with Crippen LogP contribution in [-0.4, -0.2) is 21.7 Å². The number of rotatable bonds is 3. The fourth-order valence-electron chi connectivity index (χ4n) is 5.81. The van der Waals surface area contributed by atoms with Crippen molar-refractivity contribution in [2.24, 2.45) is 11.8 Å². The molecule has 2 saturated carbocycles. The molecule has 0 bridgehead atoms. The second-order valence-electron chi connectivity index (χ2n) is 9.94. The molecule has 5 nitrogen and oxygen atoms in total. The molecular weight excluding hydrogens is 360 g/mol. The first-order valence-corrected chi connectivity index (χ1v) is 11.2. The van der Waals surface area contributed by atoms with Gasteiger partial charge in [0.15, 0.2) is 0 Å². The molecule has 5 heteroatoms. The number of fused-ring (bicyclic) bond motifs is 1. The Labute approximate surface area is 172 Å². The maximum atomic E-state index is 13.1. The van der Waals surface area contributed by atoms with Crippen LogP contribution in [0.5, 0.6) is 0 Å². The van der Waals surface area contributed by atoms with E-state index in [0.717, 1.165) is 12.2 Å². The monoisotopic (exact) mass is 390 g/mol. The van der Waals surface area contributed by atoms with Crippen LogP contribution in [0, 0.1) is 23.2 Å². The quantitative estimate of drug-likeness (QED) is 0.781. The lowest BCUT2D eigenvalue weighted by atomic mass is 9.67. The Hall–Kier alpha value is -2.35. The van der Waals surface area contributed by atoms with Gasteiger partial charge in [-0.05, 0) is 49.5 Å². The molecule has 4 unspecified atom stereocenters. The summed E-state index contributed by atoms with van der Waals surface area (Å²) in [6, 6.07) is 2.27. The maximum Gasteiger partial charge on any atom is 0.250 e. The van der Waals surface area contributed by atoms with Gasteiger partial charge < -0.3 is 5.32 Å². The summed E-state index contributed by atoms with van der Waals surface area (Å²) in [6.07, 6.45) is 14.5. The molecule has 3 aliphatic carbocycles. The number of allylic oxidation sites excluding steroid dienone is 3. The smallest absolute Gasteiger partial charge is 0.250 e. The third-order valence-electron chi connectivity index (χ3n) is 7.44. The van der Waals surface area contributed by atoms with Crippen LogP contribution in [0.2, 0.25) is 0 Å². The fourth-order valence-corrected chi connectivity index (χ4v) is 5.81. The van der Waals surface area contributed by atoms with Crippen LogP contribution in [0.1, 0.15) is 87.2 Å². The van der Waals surface area contributed by atoms with Gasteiger partial charge in [0.1, 0.15) is 5.82 Å². The molecular formula is C24H30N4O. The molecule has 29 heavy (non-hydrogen) atoms. The largest absolute Gasteiger partial charge is 0.366 e. The lowest BCUT2D eigenvalue weighted by Crippen LogP contribution is -2.40. The predicted molar refractivity (Wildman–Crippen MR) is 113 cm³/mol. The molecule has 1 N–H and O–H groups in total. The van der Waals surface area contributed by atoms with Gasteiger partial charge in [-0.1, -0.05) is 38.8 Å². The second kappa shape index (κ2) is 6.86. The summed E-state index contributed by atoms with van der Waals surface area (Å²) >= 11 is 0. The van der Waals surface area contributed by atoms with Crippen LogP contribution in [0.4, 0.5) is 5.82 Å². The van der Waals surface area contributed by atoms with Crippen molar-refractivity contribution in [2.75, 3.05) is 5.32 Å². The maximum absolute atomic E-state index is 13.1. The lowest BCUT2D eigenvalue weighted by Gasteiger charge is -2.39. The SMILES string of the molecule is CC1CCCC(C)(c2c(C3CC3)nn3c2NC(C2C=CC(C#N)=CC2)CC3=O)C1. The zero-order valence-corrected chi connectivity index (χ0v) is 17.4. The van der Waals surface area contributed by atoms with Gasteiger partial charge in [-0.25, -0.2) is 0 Å². The highest BCUT2D eigenvalue weighted by Gasteiger charge is 2.45. The van der Waals surface area contributed by atoms with E-state index in [1.54, 1.807) is 4.68 Å². The van der Waals surface area contributed by atoms with E-state index in [1.807, 2.05) is 12.2 Å². The molecule has 0 saturated heterocycles. The first-order valence-electron chi connectivity index (χ1n) is 11.2. The van der Waals surface area contributed by atoms with Gasteiger partial charge in [0.05, 0.1) is 11.8 Å². The van der Waals surface area contributed by atoms with Crippen molar-refractivity contribution in [3.05, 3.63) is 35.1 Å². The molecule has 5 rings (SSSR count). The van der Waals surface area contributed by atoms with Crippen molar-refractivity contribution in [1.82, 2.24) is 9.78 Å². The zero-order valence-electron chi connectivity index (χ0n) is 17.4. The van der Waals surface area contributed by atoms with Crippen molar-refractivity contribution in [2.45, 2.75) is 82.6 Å². The number of carbonyl (C=O) groups is 1. The summed E-state index contributed by atoms with van der Waals surface area (Å²) in [4.78, 5) is 13.1. The highest BCUT2D eigenvalue weighted by molar-refractivity contribution is 5.86. The molecule has 0 radical (unpaired) electrons. The number of anilines is 1. The van der Waals surface area contributed by atoms with Gasteiger partial charge in [0.2, 0.25) is 0 Å². The summed E-state index contributed by atoms with van der Waals surface area (Å²) in [5, 5.41) is 17.7. The van der Waals surface area contributed by atoms with E-state index in [1.165, 1.54) is 49.8 Å². The van der Waals surface area contributed by atoms with Crippen molar-refractivity contribution in [3.8, 4) is 6.07 Å². The minimum absolute atomic E-state index is 0.0647. The number of carbonyl (C=O) groups excluding carboxylic acids is 1. The first kappa shape index (κ1) is 18.7. The van der Waals surface area contributed by atoms with Crippen molar-refractivity contribution < 1.29 is 4.79 Å². The second-order valence-corrected chi connectivity index (χ2v) is 9.94. The number of hydrogen-bond acceptors (Lipinski definition) is 4. The number of nitrogens with one attached hydrogen (secondary N) is 1. The molecule has 4 atom stereocenters. The van der Waals surface area contributed by atoms with E-state index < -0.39 is 0 Å². The standard InChI is InChI=1S/C24H30N4O/c1-15-4-3-11-24(2,13-15)21-22(18-9-10-18)27-28-20(29)12-19(26-23(21)28)17-7-5-16(14-25)6-8-17/h5-7,15,17-19,26H,3-4,8-13H2,1-2H3. The highest BCUT2D eigenvalue weighted by atomic mass is 16.2. The summed E-state index contributed by atoms with van der Waals surface area (Å²) in [5.41, 5.74) is 3.32. The minimum Gasteiger partial charge on any atom is -0.366 e. The molecule has 152 valence electrons. The van der Waals surface area contributed by atoms with Crippen molar-refractivity contribution in [1.29, 1.82) is 5.26 Å². The molecule has 1 aromatic rings. The Balaban J connectivity index is 1.52. The summed E-state index contributed by atoms with van der Waals surface area (Å²) in [6.45, 7) is 4.75. The average molecular weight is 391 g/mol. The normalized spacial score (nSPS) is 34.2. The number of nitrogens with zero attached hydrogens (tertiary/aromatic N) is 3. The highest BCUT2D eigenvalue weighted by Crippen LogP contribution is 2.52. The average Bonchev–Trinajstić information content (AvgIpc) is 3.47. The van der Waals surface area contributed by atoms with Gasteiger partial charge in [0, 0.05) is 35.4 Å².